The van der Waals surface area contributed by atoms with Crippen LogP contribution in [-0.4, -0.2) is 48.0 Å². The molecule has 2 atom stereocenters. The molecule has 154 valence electrons. The SMILES string of the molecule is CCOc1ccc(N2C(=O)[C@H]3N=NN(CC(=O)Nc4ccc(Br)cc4)[C@H]3C2=O)cc1. The molecule has 3 amide bonds. The number of benzene rings is 2. The Hall–Kier alpha value is -3.27. The van der Waals surface area contributed by atoms with Gasteiger partial charge in [-0.1, -0.05) is 21.2 Å². The summed E-state index contributed by atoms with van der Waals surface area (Å²) in [5.41, 5.74) is 1.04. The lowest BCUT2D eigenvalue weighted by atomic mass is 10.1. The molecule has 2 aromatic rings. The molecule has 1 fully saturated rings. The Balaban J connectivity index is 1.46. The summed E-state index contributed by atoms with van der Waals surface area (Å²) in [6.07, 6.45) is 0. The molecule has 0 spiro atoms. The molecule has 4 rings (SSSR count). The van der Waals surface area contributed by atoms with Gasteiger partial charge in [-0.25, -0.2) is 4.90 Å². The number of carbonyl (C=O) groups excluding carboxylic acids is 3. The first kappa shape index (κ1) is 20.0. The fraction of sp³-hybridized carbons (Fsp3) is 0.250. The van der Waals surface area contributed by atoms with Crippen LogP contribution in [0.2, 0.25) is 0 Å². The van der Waals surface area contributed by atoms with Crippen molar-refractivity contribution in [2.45, 2.75) is 19.0 Å². The topological polar surface area (TPSA) is 104 Å². The normalized spacial score (nSPS) is 19.9. The molecule has 2 aliphatic rings. The van der Waals surface area contributed by atoms with E-state index in [9.17, 15) is 14.4 Å². The van der Waals surface area contributed by atoms with E-state index in [0.717, 1.165) is 9.37 Å². The first-order valence-electron chi connectivity index (χ1n) is 9.31. The highest BCUT2D eigenvalue weighted by Crippen LogP contribution is 2.32. The van der Waals surface area contributed by atoms with Crippen LogP contribution in [0.1, 0.15) is 6.92 Å². The van der Waals surface area contributed by atoms with E-state index in [1.54, 1.807) is 48.5 Å². The number of nitrogens with zero attached hydrogens (tertiary/aromatic N) is 4. The van der Waals surface area contributed by atoms with Gasteiger partial charge in [-0.3, -0.25) is 19.4 Å². The molecule has 30 heavy (non-hydrogen) atoms. The van der Waals surface area contributed by atoms with Gasteiger partial charge < -0.3 is 10.1 Å². The lowest BCUT2D eigenvalue weighted by Crippen LogP contribution is -2.43. The van der Waals surface area contributed by atoms with Gasteiger partial charge in [-0.05, 0) is 55.5 Å². The third-order valence-electron chi connectivity index (χ3n) is 4.70. The number of ether oxygens (including phenoxy) is 1. The van der Waals surface area contributed by atoms with E-state index in [1.165, 1.54) is 5.01 Å². The molecular weight excluding hydrogens is 454 g/mol. The second-order valence-electron chi connectivity index (χ2n) is 6.69. The number of halogens is 1. The highest BCUT2D eigenvalue weighted by Gasteiger charge is 2.55. The molecule has 9 nitrogen and oxygen atoms in total. The van der Waals surface area contributed by atoms with Crippen LogP contribution in [0.25, 0.3) is 0 Å². The summed E-state index contributed by atoms with van der Waals surface area (Å²) < 4.78 is 6.28. The summed E-state index contributed by atoms with van der Waals surface area (Å²) in [5.74, 6) is -0.646. The van der Waals surface area contributed by atoms with Crippen LogP contribution in [0, 0.1) is 0 Å². The zero-order valence-corrected chi connectivity index (χ0v) is 17.6. The summed E-state index contributed by atoms with van der Waals surface area (Å²) in [7, 11) is 0. The average molecular weight is 472 g/mol. The van der Waals surface area contributed by atoms with E-state index in [4.69, 9.17) is 4.74 Å². The third kappa shape index (κ3) is 3.78. The molecule has 1 saturated heterocycles. The van der Waals surface area contributed by atoms with E-state index in [1.807, 2.05) is 6.92 Å². The van der Waals surface area contributed by atoms with E-state index in [2.05, 4.69) is 31.6 Å². The van der Waals surface area contributed by atoms with Crippen molar-refractivity contribution in [1.29, 1.82) is 0 Å². The summed E-state index contributed by atoms with van der Waals surface area (Å²) in [5, 5.41) is 11.8. The maximum Gasteiger partial charge on any atom is 0.263 e. The quantitative estimate of drug-likeness (QED) is 0.652. The fourth-order valence-electron chi connectivity index (χ4n) is 3.35. The molecule has 2 heterocycles. The smallest absolute Gasteiger partial charge is 0.263 e. The van der Waals surface area contributed by atoms with Gasteiger partial charge >= 0.3 is 0 Å². The second kappa shape index (κ2) is 8.23. The number of carbonyl (C=O) groups is 3. The summed E-state index contributed by atoms with van der Waals surface area (Å²) in [4.78, 5) is 39.2. The van der Waals surface area contributed by atoms with Crippen LogP contribution in [0.15, 0.2) is 63.3 Å². The maximum absolute atomic E-state index is 13.0. The zero-order chi connectivity index (χ0) is 21.3. The Labute approximate surface area is 180 Å². The summed E-state index contributed by atoms with van der Waals surface area (Å²) in [6.45, 7) is 2.19. The number of imide groups is 1. The van der Waals surface area contributed by atoms with Crippen molar-refractivity contribution in [2.24, 2.45) is 10.3 Å². The highest BCUT2D eigenvalue weighted by molar-refractivity contribution is 9.10. The largest absolute Gasteiger partial charge is 0.494 e. The van der Waals surface area contributed by atoms with E-state index >= 15 is 0 Å². The minimum Gasteiger partial charge on any atom is -0.494 e. The van der Waals surface area contributed by atoms with Gasteiger partial charge in [-0.2, -0.15) is 5.11 Å². The van der Waals surface area contributed by atoms with Gasteiger partial charge in [0.1, 0.15) is 12.3 Å². The van der Waals surface area contributed by atoms with Crippen LogP contribution in [0.5, 0.6) is 5.75 Å². The molecule has 1 N–H and O–H groups in total. The van der Waals surface area contributed by atoms with Crippen molar-refractivity contribution < 1.29 is 19.1 Å². The number of amides is 3. The Morgan fingerprint density at radius 1 is 1.10 bits per heavy atom. The summed E-state index contributed by atoms with van der Waals surface area (Å²) >= 11 is 3.33. The Morgan fingerprint density at radius 3 is 2.47 bits per heavy atom. The molecule has 0 aliphatic carbocycles. The van der Waals surface area contributed by atoms with Crippen LogP contribution >= 0.6 is 15.9 Å². The number of anilines is 2. The standard InChI is InChI=1S/C20H18BrN5O4/c1-2-30-15-9-7-14(8-10-15)26-19(28)17-18(20(26)29)25(24-23-17)11-16(27)22-13-5-3-12(21)4-6-13/h3-10,17-18H,2,11H2,1H3,(H,22,27)/t17-,18+/m0/s1. The summed E-state index contributed by atoms with van der Waals surface area (Å²) in [6, 6.07) is 11.9. The molecule has 0 saturated carbocycles. The number of hydrogen-bond donors (Lipinski definition) is 1. The van der Waals surface area contributed by atoms with Gasteiger partial charge in [-0.15, -0.1) is 0 Å². The number of nitrogens with one attached hydrogen (secondary N) is 1. The maximum atomic E-state index is 13.0. The predicted octanol–water partition coefficient (Wildman–Crippen LogP) is 2.78. The molecule has 2 aliphatic heterocycles. The number of fused-ring (bicyclic) bond motifs is 1. The van der Waals surface area contributed by atoms with Gasteiger partial charge in [0.05, 0.1) is 12.3 Å². The zero-order valence-electron chi connectivity index (χ0n) is 16.0. The monoisotopic (exact) mass is 471 g/mol. The first-order chi connectivity index (χ1) is 14.5. The van der Waals surface area contributed by atoms with Crippen molar-refractivity contribution in [3.05, 3.63) is 53.0 Å². The number of hydrogen-bond acceptors (Lipinski definition) is 7. The molecular formula is C20H18BrN5O4. The van der Waals surface area contributed by atoms with Crippen LogP contribution in [-0.2, 0) is 14.4 Å². The first-order valence-corrected chi connectivity index (χ1v) is 10.1. The van der Waals surface area contributed by atoms with E-state index in [-0.39, 0.29) is 12.5 Å². The average Bonchev–Trinajstić information content (AvgIpc) is 3.24. The predicted molar refractivity (Wildman–Crippen MR) is 112 cm³/mol. The fourth-order valence-corrected chi connectivity index (χ4v) is 3.61. The van der Waals surface area contributed by atoms with Crippen molar-refractivity contribution in [3.8, 4) is 5.75 Å². The van der Waals surface area contributed by atoms with Crippen molar-refractivity contribution in [2.75, 3.05) is 23.4 Å². The Kier molecular flexibility index (Phi) is 5.49. The van der Waals surface area contributed by atoms with Crippen molar-refractivity contribution >= 4 is 45.0 Å². The molecule has 2 aromatic carbocycles. The molecule has 0 radical (unpaired) electrons. The molecule has 0 aromatic heterocycles. The van der Waals surface area contributed by atoms with E-state index < -0.39 is 23.9 Å². The van der Waals surface area contributed by atoms with Crippen molar-refractivity contribution in [3.63, 3.8) is 0 Å². The Bertz CT molecular complexity index is 1010. The minimum atomic E-state index is -0.954. The molecule has 0 bridgehead atoms. The number of rotatable bonds is 6. The molecule has 0 unspecified atom stereocenters. The van der Waals surface area contributed by atoms with Gasteiger partial charge in [0, 0.05) is 10.2 Å². The van der Waals surface area contributed by atoms with E-state index in [0.29, 0.717) is 23.7 Å². The van der Waals surface area contributed by atoms with Gasteiger partial charge in [0.15, 0.2) is 12.1 Å². The third-order valence-corrected chi connectivity index (χ3v) is 5.23. The highest BCUT2D eigenvalue weighted by atomic mass is 79.9. The lowest BCUT2D eigenvalue weighted by molar-refractivity contribution is -0.123. The van der Waals surface area contributed by atoms with Crippen LogP contribution in [0.4, 0.5) is 11.4 Å². The van der Waals surface area contributed by atoms with Gasteiger partial charge in [0.25, 0.3) is 11.8 Å². The van der Waals surface area contributed by atoms with Crippen LogP contribution < -0.4 is 15.0 Å². The lowest BCUT2D eigenvalue weighted by Gasteiger charge is -2.20. The van der Waals surface area contributed by atoms with Crippen molar-refractivity contribution in [1.82, 2.24) is 5.01 Å². The molecule has 10 heteroatoms. The second-order valence-corrected chi connectivity index (χ2v) is 7.60. The van der Waals surface area contributed by atoms with Gasteiger partial charge in [0.2, 0.25) is 5.91 Å². The van der Waals surface area contributed by atoms with Crippen LogP contribution in [0.3, 0.4) is 0 Å². The minimum absolute atomic E-state index is 0.198. The Morgan fingerprint density at radius 2 is 1.80 bits per heavy atom.